The molecule has 2 rings (SSSR count). The molecule has 0 radical (unpaired) electrons. The van der Waals surface area contributed by atoms with Crippen LogP contribution in [0.15, 0.2) is 18.2 Å². The number of aryl methyl sites for hydroxylation is 2. The first-order valence-corrected chi connectivity index (χ1v) is 6.71. The normalized spacial score (nSPS) is 15.9. The predicted molar refractivity (Wildman–Crippen MR) is 73.2 cm³/mol. The summed E-state index contributed by atoms with van der Waals surface area (Å²) < 4.78 is 5.49. The summed E-state index contributed by atoms with van der Waals surface area (Å²) in [5, 5.41) is 12.3. The molecule has 4 heteroatoms. The summed E-state index contributed by atoms with van der Waals surface area (Å²) in [6.07, 6.45) is 1.72. The lowest BCUT2D eigenvalue weighted by Gasteiger charge is -2.12. The van der Waals surface area contributed by atoms with E-state index in [2.05, 4.69) is 5.32 Å². The van der Waals surface area contributed by atoms with Crippen molar-refractivity contribution in [2.24, 2.45) is 5.92 Å². The van der Waals surface area contributed by atoms with Crippen LogP contribution in [0.4, 0.5) is 0 Å². The van der Waals surface area contributed by atoms with Crippen molar-refractivity contribution in [3.05, 3.63) is 29.3 Å². The van der Waals surface area contributed by atoms with E-state index < -0.39 is 6.10 Å². The lowest BCUT2D eigenvalue weighted by molar-refractivity contribution is -0.123. The molecular weight excluding hydrogens is 242 g/mol. The van der Waals surface area contributed by atoms with Crippen LogP contribution in [0.1, 0.15) is 24.0 Å². The number of hydrogen-bond acceptors (Lipinski definition) is 3. The van der Waals surface area contributed by atoms with Gasteiger partial charge in [-0.3, -0.25) is 4.79 Å². The van der Waals surface area contributed by atoms with Gasteiger partial charge in [0.15, 0.2) is 6.61 Å². The zero-order chi connectivity index (χ0) is 13.8. The number of nitrogens with one attached hydrogen (secondary N) is 1. The highest BCUT2D eigenvalue weighted by molar-refractivity contribution is 5.77. The molecule has 1 fully saturated rings. The number of hydrogen-bond donors (Lipinski definition) is 2. The predicted octanol–water partition coefficient (Wildman–Crippen LogP) is 1.57. The van der Waals surface area contributed by atoms with Crippen LogP contribution in [0, 0.1) is 19.8 Å². The Morgan fingerprint density at radius 1 is 1.47 bits per heavy atom. The average Bonchev–Trinajstić information content (AvgIpc) is 3.21. The van der Waals surface area contributed by atoms with Crippen LogP contribution in [0.25, 0.3) is 0 Å². The summed E-state index contributed by atoms with van der Waals surface area (Å²) in [4.78, 5) is 11.6. The number of aliphatic hydroxyl groups excluding tert-OH is 1. The van der Waals surface area contributed by atoms with Gasteiger partial charge in [0.05, 0.1) is 6.10 Å². The van der Waals surface area contributed by atoms with E-state index in [0.717, 1.165) is 29.7 Å². The molecule has 1 atom stereocenters. The smallest absolute Gasteiger partial charge is 0.258 e. The van der Waals surface area contributed by atoms with Crippen LogP contribution >= 0.6 is 0 Å². The lowest BCUT2D eigenvalue weighted by Crippen LogP contribution is -2.36. The summed E-state index contributed by atoms with van der Waals surface area (Å²) in [6, 6.07) is 5.90. The van der Waals surface area contributed by atoms with E-state index in [-0.39, 0.29) is 12.5 Å². The molecule has 1 aliphatic carbocycles. The van der Waals surface area contributed by atoms with Crippen LogP contribution in [0.2, 0.25) is 0 Å². The minimum absolute atomic E-state index is 0.0122. The van der Waals surface area contributed by atoms with Gasteiger partial charge in [-0.05, 0) is 49.8 Å². The monoisotopic (exact) mass is 263 g/mol. The molecule has 1 aliphatic rings. The molecule has 0 aromatic heterocycles. The number of rotatable bonds is 6. The second-order valence-corrected chi connectivity index (χ2v) is 5.27. The number of ether oxygens (including phenoxy) is 1. The molecule has 0 spiro atoms. The van der Waals surface area contributed by atoms with Crippen LogP contribution < -0.4 is 10.1 Å². The third-order valence-electron chi connectivity index (χ3n) is 3.38. The van der Waals surface area contributed by atoms with Crippen LogP contribution in [0.3, 0.4) is 0 Å². The van der Waals surface area contributed by atoms with Crippen molar-refractivity contribution in [3.8, 4) is 5.75 Å². The van der Waals surface area contributed by atoms with E-state index in [1.807, 2.05) is 32.0 Å². The van der Waals surface area contributed by atoms with Crippen molar-refractivity contribution >= 4 is 5.91 Å². The van der Waals surface area contributed by atoms with Crippen molar-refractivity contribution in [2.75, 3.05) is 13.2 Å². The molecule has 1 aromatic carbocycles. The van der Waals surface area contributed by atoms with E-state index in [1.165, 1.54) is 0 Å². The molecule has 0 saturated heterocycles. The van der Waals surface area contributed by atoms with Gasteiger partial charge in [-0.2, -0.15) is 0 Å². The minimum atomic E-state index is -0.412. The molecule has 104 valence electrons. The van der Waals surface area contributed by atoms with Gasteiger partial charge < -0.3 is 15.2 Å². The molecular formula is C15H21NO3. The summed E-state index contributed by atoms with van der Waals surface area (Å²) in [6.45, 7) is 4.24. The van der Waals surface area contributed by atoms with Gasteiger partial charge in [0.2, 0.25) is 0 Å². The van der Waals surface area contributed by atoms with Gasteiger partial charge in [0.1, 0.15) is 5.75 Å². The lowest BCUT2D eigenvalue weighted by atomic mass is 10.1. The van der Waals surface area contributed by atoms with Crippen molar-refractivity contribution < 1.29 is 14.6 Å². The Bertz CT molecular complexity index is 455. The molecule has 4 nitrogen and oxygen atoms in total. The van der Waals surface area contributed by atoms with Crippen molar-refractivity contribution in [1.29, 1.82) is 0 Å². The quantitative estimate of drug-likeness (QED) is 0.819. The van der Waals surface area contributed by atoms with Gasteiger partial charge in [0.25, 0.3) is 5.91 Å². The van der Waals surface area contributed by atoms with Gasteiger partial charge in [-0.25, -0.2) is 0 Å². The average molecular weight is 263 g/mol. The Morgan fingerprint density at radius 2 is 2.21 bits per heavy atom. The first kappa shape index (κ1) is 13.9. The summed E-state index contributed by atoms with van der Waals surface area (Å²) in [5.74, 6) is 0.915. The Balaban J connectivity index is 1.74. The zero-order valence-electron chi connectivity index (χ0n) is 11.5. The standard InChI is InChI=1S/C15H21NO3/c1-10-3-4-11(2)14(7-10)19-9-15(18)16-8-13(17)12-5-6-12/h3-4,7,12-13,17H,5-6,8-9H2,1-2H3,(H,16,18). The molecule has 2 N–H and O–H groups in total. The Kier molecular flexibility index (Phi) is 4.43. The highest BCUT2D eigenvalue weighted by Crippen LogP contribution is 2.32. The Morgan fingerprint density at radius 3 is 2.89 bits per heavy atom. The van der Waals surface area contributed by atoms with Gasteiger partial charge >= 0.3 is 0 Å². The van der Waals surface area contributed by atoms with Crippen molar-refractivity contribution in [3.63, 3.8) is 0 Å². The van der Waals surface area contributed by atoms with Crippen molar-refractivity contribution in [1.82, 2.24) is 5.32 Å². The highest BCUT2D eigenvalue weighted by Gasteiger charge is 2.29. The number of aliphatic hydroxyl groups is 1. The minimum Gasteiger partial charge on any atom is -0.483 e. The fraction of sp³-hybridized carbons (Fsp3) is 0.533. The first-order chi connectivity index (χ1) is 9.06. The fourth-order valence-corrected chi connectivity index (χ4v) is 1.92. The molecule has 0 heterocycles. The second-order valence-electron chi connectivity index (χ2n) is 5.27. The molecule has 1 saturated carbocycles. The van der Waals surface area contributed by atoms with E-state index >= 15 is 0 Å². The summed E-state index contributed by atoms with van der Waals surface area (Å²) >= 11 is 0. The highest BCUT2D eigenvalue weighted by atomic mass is 16.5. The van der Waals surface area contributed by atoms with Crippen LogP contribution in [-0.4, -0.2) is 30.3 Å². The maximum absolute atomic E-state index is 11.6. The third kappa shape index (κ3) is 4.24. The molecule has 1 unspecified atom stereocenters. The fourth-order valence-electron chi connectivity index (χ4n) is 1.92. The zero-order valence-corrected chi connectivity index (χ0v) is 11.5. The maximum atomic E-state index is 11.6. The van der Waals surface area contributed by atoms with Gasteiger partial charge in [-0.1, -0.05) is 12.1 Å². The van der Waals surface area contributed by atoms with E-state index in [9.17, 15) is 9.90 Å². The topological polar surface area (TPSA) is 58.6 Å². The molecule has 1 amide bonds. The summed E-state index contributed by atoms with van der Waals surface area (Å²) in [5.41, 5.74) is 2.11. The van der Waals surface area contributed by atoms with Crippen LogP contribution in [-0.2, 0) is 4.79 Å². The molecule has 0 bridgehead atoms. The SMILES string of the molecule is Cc1ccc(C)c(OCC(=O)NCC(O)C2CC2)c1. The largest absolute Gasteiger partial charge is 0.483 e. The van der Waals surface area contributed by atoms with Crippen molar-refractivity contribution in [2.45, 2.75) is 32.8 Å². The number of amides is 1. The van der Waals surface area contributed by atoms with Gasteiger partial charge in [-0.15, -0.1) is 0 Å². The van der Waals surface area contributed by atoms with Gasteiger partial charge in [0, 0.05) is 6.54 Å². The third-order valence-corrected chi connectivity index (χ3v) is 3.38. The number of benzene rings is 1. The van der Waals surface area contributed by atoms with E-state index in [0.29, 0.717) is 12.5 Å². The molecule has 1 aromatic rings. The first-order valence-electron chi connectivity index (χ1n) is 6.71. The van der Waals surface area contributed by atoms with E-state index in [4.69, 9.17) is 4.74 Å². The van der Waals surface area contributed by atoms with E-state index in [1.54, 1.807) is 0 Å². The molecule has 19 heavy (non-hydrogen) atoms. The second kappa shape index (κ2) is 6.06. The molecule has 0 aliphatic heterocycles. The Labute approximate surface area is 113 Å². The number of carbonyl (C=O) groups excluding carboxylic acids is 1. The maximum Gasteiger partial charge on any atom is 0.258 e. The summed E-state index contributed by atoms with van der Waals surface area (Å²) in [7, 11) is 0. The van der Waals surface area contributed by atoms with Crippen LogP contribution in [0.5, 0.6) is 5.75 Å². The Hall–Kier alpha value is -1.55. The number of carbonyl (C=O) groups is 1.